The lowest BCUT2D eigenvalue weighted by Crippen LogP contribution is -2.17. The molecule has 132 valence electrons. The summed E-state index contributed by atoms with van der Waals surface area (Å²) in [6.45, 7) is 7.60. The van der Waals surface area contributed by atoms with Gasteiger partial charge in [0, 0.05) is 10.5 Å². The van der Waals surface area contributed by atoms with Crippen molar-refractivity contribution in [2.75, 3.05) is 5.88 Å². The molecule has 0 spiro atoms. The second kappa shape index (κ2) is 7.00. The van der Waals surface area contributed by atoms with Crippen LogP contribution in [0.25, 0.3) is 16.0 Å². The normalized spacial score (nSPS) is 12.1. The van der Waals surface area contributed by atoms with Gasteiger partial charge in [-0.25, -0.2) is 6.57 Å². The van der Waals surface area contributed by atoms with E-state index in [1.807, 2.05) is 0 Å². The molecular weight excluding hydrogens is 364 g/mol. The van der Waals surface area contributed by atoms with E-state index >= 15 is 0 Å². The Balaban J connectivity index is 2.92. The Labute approximate surface area is 144 Å². The summed E-state index contributed by atoms with van der Waals surface area (Å²) in [6, 6.07) is 8.11. The Kier molecular flexibility index (Phi) is 5.37. The highest BCUT2D eigenvalue weighted by atomic mass is 32.2. The molecule has 0 unspecified atom stereocenters. The number of hydrogen-bond donors (Lipinski definition) is 0. The average Bonchev–Trinajstić information content (AvgIpc) is 2.51. The molecule has 0 heterocycles. The molecule has 0 amide bonds. The Hall–Kier alpha value is -2.14. The van der Waals surface area contributed by atoms with Gasteiger partial charge in [-0.2, -0.15) is 26.3 Å². The molecule has 8 heteroatoms. The molecule has 0 fully saturated rings. The number of benzene rings is 2. The molecule has 1 nitrogen and oxygen atoms in total. The van der Waals surface area contributed by atoms with Crippen molar-refractivity contribution >= 4 is 11.8 Å². The van der Waals surface area contributed by atoms with Gasteiger partial charge < -0.3 is 4.85 Å². The van der Waals surface area contributed by atoms with Crippen molar-refractivity contribution in [2.24, 2.45) is 0 Å². The molecule has 0 aliphatic rings. The van der Waals surface area contributed by atoms with Gasteiger partial charge in [0.2, 0.25) is 0 Å². The Morgan fingerprint density at radius 2 is 1.60 bits per heavy atom. The minimum absolute atomic E-state index is 0.152. The molecule has 0 saturated carbocycles. The summed E-state index contributed by atoms with van der Waals surface area (Å²) in [5.74, 6) is -0.280. The van der Waals surface area contributed by atoms with E-state index in [-0.39, 0.29) is 21.9 Å². The molecule has 2 aromatic carbocycles. The van der Waals surface area contributed by atoms with Gasteiger partial charge in [0.15, 0.2) is 0 Å². The molecule has 2 aromatic rings. The summed E-state index contributed by atoms with van der Waals surface area (Å²) in [4.78, 5) is 2.81. The molecule has 25 heavy (non-hydrogen) atoms. The summed E-state index contributed by atoms with van der Waals surface area (Å²) in [5, 5.41) is 0. The monoisotopic (exact) mass is 375 g/mol. The zero-order valence-electron chi connectivity index (χ0n) is 12.8. The maximum atomic E-state index is 13.6. The third kappa shape index (κ3) is 4.10. The van der Waals surface area contributed by atoms with Crippen molar-refractivity contribution in [3.05, 3.63) is 64.5 Å². The minimum atomic E-state index is -4.97. The fourth-order valence-corrected chi connectivity index (χ4v) is 3.28. The number of rotatable bonds is 3. The second-order valence-electron chi connectivity index (χ2n) is 5.09. The van der Waals surface area contributed by atoms with E-state index in [4.69, 9.17) is 6.57 Å². The van der Waals surface area contributed by atoms with Gasteiger partial charge in [-0.1, -0.05) is 30.3 Å². The highest BCUT2D eigenvalue weighted by Crippen LogP contribution is 2.48. The Bertz CT molecular complexity index is 803. The predicted molar refractivity (Wildman–Crippen MR) is 83.9 cm³/mol. The van der Waals surface area contributed by atoms with Gasteiger partial charge in [-0.15, -0.1) is 0 Å². The highest BCUT2D eigenvalue weighted by Gasteiger charge is 2.42. The maximum Gasteiger partial charge on any atom is 0.417 e. The van der Waals surface area contributed by atoms with Crippen LogP contribution in [0.5, 0.6) is 0 Å². The van der Waals surface area contributed by atoms with E-state index in [9.17, 15) is 26.3 Å². The molecule has 2 rings (SSSR count). The predicted octanol–water partition coefficient (Wildman–Crippen LogP) is 6.67. The summed E-state index contributed by atoms with van der Waals surface area (Å²) in [5.41, 5.74) is -3.70. The number of thioether (sulfide) groups is 1. The molecule has 0 aliphatic heterocycles. The topological polar surface area (TPSA) is 4.36 Å². The van der Waals surface area contributed by atoms with Crippen LogP contribution in [0.3, 0.4) is 0 Å². The van der Waals surface area contributed by atoms with Gasteiger partial charge in [-0.3, -0.25) is 0 Å². The van der Waals surface area contributed by atoms with Crippen LogP contribution in [-0.2, 0) is 12.4 Å². The number of nitrogens with zero attached hydrogens (tertiary/aromatic N) is 1. The maximum absolute atomic E-state index is 13.6. The fraction of sp³-hybridized carbons (Fsp3) is 0.235. The molecule has 0 radical (unpaired) electrons. The largest absolute Gasteiger partial charge is 0.417 e. The third-order valence-electron chi connectivity index (χ3n) is 3.49. The van der Waals surface area contributed by atoms with E-state index in [1.54, 1.807) is 6.07 Å². The molecule has 0 atom stereocenters. The first kappa shape index (κ1) is 19.2. The number of halogens is 6. The van der Waals surface area contributed by atoms with Crippen molar-refractivity contribution in [2.45, 2.75) is 24.2 Å². The van der Waals surface area contributed by atoms with E-state index in [1.165, 1.54) is 24.3 Å². The summed E-state index contributed by atoms with van der Waals surface area (Å²) in [7, 11) is 0. The fourth-order valence-electron chi connectivity index (χ4n) is 2.51. The summed E-state index contributed by atoms with van der Waals surface area (Å²) < 4.78 is 80.5. The van der Waals surface area contributed by atoms with Gasteiger partial charge in [0.05, 0.1) is 11.1 Å². The second-order valence-corrected chi connectivity index (χ2v) is 6.08. The molecule has 0 bridgehead atoms. The van der Waals surface area contributed by atoms with Gasteiger partial charge >= 0.3 is 12.4 Å². The van der Waals surface area contributed by atoms with Crippen LogP contribution < -0.4 is 0 Å². The molecular formula is C17H11F6NS. The average molecular weight is 375 g/mol. The van der Waals surface area contributed by atoms with Crippen LogP contribution in [0.4, 0.5) is 26.3 Å². The minimum Gasteiger partial charge on any atom is -0.305 e. The van der Waals surface area contributed by atoms with Crippen molar-refractivity contribution < 1.29 is 26.3 Å². The standard InChI is InChI=1S/C17H11F6NS/c1-10-12(16(18,19)20)8-13(25-9-24-2)14(15(10)17(21,22)23)11-6-4-3-5-7-11/h3-8H,9H2,1H3. The number of alkyl halides is 6. The zero-order chi connectivity index (χ0) is 18.8. The van der Waals surface area contributed by atoms with Crippen LogP contribution in [0, 0.1) is 13.5 Å². The van der Waals surface area contributed by atoms with Crippen molar-refractivity contribution in [3.63, 3.8) is 0 Å². The highest BCUT2D eigenvalue weighted by molar-refractivity contribution is 7.99. The van der Waals surface area contributed by atoms with E-state index in [0.29, 0.717) is 17.8 Å². The molecule has 0 saturated heterocycles. The molecule has 0 aromatic heterocycles. The van der Waals surface area contributed by atoms with Crippen LogP contribution in [0.1, 0.15) is 16.7 Å². The lowest BCUT2D eigenvalue weighted by atomic mass is 9.91. The Morgan fingerprint density at radius 3 is 2.08 bits per heavy atom. The van der Waals surface area contributed by atoms with Gasteiger partial charge in [0.25, 0.3) is 5.88 Å². The number of hydrogen-bond acceptors (Lipinski definition) is 1. The van der Waals surface area contributed by atoms with E-state index in [2.05, 4.69) is 4.85 Å². The van der Waals surface area contributed by atoms with Gasteiger partial charge in [0.1, 0.15) is 0 Å². The van der Waals surface area contributed by atoms with E-state index < -0.39 is 29.0 Å². The lowest BCUT2D eigenvalue weighted by Gasteiger charge is -2.22. The first-order valence-corrected chi connectivity index (χ1v) is 7.89. The SMILES string of the molecule is [C-]#[N+]CSc1cc(C(F)(F)F)c(C)c(C(F)(F)F)c1-c1ccccc1. The Morgan fingerprint density at radius 1 is 1.00 bits per heavy atom. The smallest absolute Gasteiger partial charge is 0.305 e. The van der Waals surface area contributed by atoms with Crippen LogP contribution >= 0.6 is 11.8 Å². The van der Waals surface area contributed by atoms with Crippen molar-refractivity contribution in [3.8, 4) is 11.1 Å². The quantitative estimate of drug-likeness (QED) is 0.329. The van der Waals surface area contributed by atoms with Crippen LogP contribution in [-0.4, -0.2) is 5.88 Å². The zero-order valence-corrected chi connectivity index (χ0v) is 13.6. The third-order valence-corrected chi connectivity index (χ3v) is 4.38. The van der Waals surface area contributed by atoms with Gasteiger partial charge in [-0.05, 0) is 35.9 Å². The first-order chi connectivity index (χ1) is 11.6. The summed E-state index contributed by atoms with van der Waals surface area (Å²) >= 11 is 0.657. The summed E-state index contributed by atoms with van der Waals surface area (Å²) in [6.07, 6.45) is -9.89. The lowest BCUT2D eigenvalue weighted by molar-refractivity contribution is -0.143. The van der Waals surface area contributed by atoms with Crippen molar-refractivity contribution in [1.82, 2.24) is 0 Å². The molecule has 0 N–H and O–H groups in total. The van der Waals surface area contributed by atoms with Crippen molar-refractivity contribution in [1.29, 1.82) is 0 Å². The van der Waals surface area contributed by atoms with Crippen LogP contribution in [0.15, 0.2) is 41.3 Å². The first-order valence-electron chi connectivity index (χ1n) is 6.90. The van der Waals surface area contributed by atoms with Crippen LogP contribution in [0.2, 0.25) is 0 Å². The molecule has 0 aliphatic carbocycles. The van der Waals surface area contributed by atoms with E-state index in [0.717, 1.165) is 6.92 Å².